The molecule has 1 aliphatic carbocycles. The van der Waals surface area contributed by atoms with Crippen molar-refractivity contribution in [2.24, 2.45) is 0 Å². The van der Waals surface area contributed by atoms with Crippen LogP contribution in [0.1, 0.15) is 41.5 Å². The summed E-state index contributed by atoms with van der Waals surface area (Å²) in [5.41, 5.74) is 3.05. The summed E-state index contributed by atoms with van der Waals surface area (Å²) in [5, 5.41) is 0. The lowest BCUT2D eigenvalue weighted by atomic mass is 10.00. The Hall–Kier alpha value is -2.42. The van der Waals surface area contributed by atoms with E-state index in [1.165, 1.54) is 0 Å². The Kier molecular flexibility index (Phi) is 3.13. The predicted molar refractivity (Wildman–Crippen MR) is 82.0 cm³/mol. The van der Waals surface area contributed by atoms with Crippen LogP contribution < -0.4 is 0 Å². The minimum absolute atomic E-state index is 0.169. The number of Topliss-reactive ketones (excluding diaryl/α,β-unsaturated/α-hetero) is 2. The van der Waals surface area contributed by atoms with Gasteiger partial charge in [0.15, 0.2) is 11.6 Å². The molecular formula is C18H17NO2. The average Bonchev–Trinajstić information content (AvgIpc) is 2.71. The van der Waals surface area contributed by atoms with E-state index in [2.05, 4.69) is 18.7 Å². The van der Waals surface area contributed by atoms with Gasteiger partial charge in [0.1, 0.15) is 0 Å². The van der Waals surface area contributed by atoms with Crippen LogP contribution in [0.4, 0.5) is 0 Å². The molecule has 106 valence electrons. The molecule has 1 heterocycles. The van der Waals surface area contributed by atoms with Crippen LogP contribution in [-0.4, -0.2) is 22.5 Å². The highest BCUT2D eigenvalue weighted by molar-refractivity contribution is 6.40. The Bertz CT molecular complexity index is 698. The fourth-order valence-electron chi connectivity index (χ4n) is 2.87. The van der Waals surface area contributed by atoms with Crippen molar-refractivity contribution < 1.29 is 9.59 Å². The Labute approximate surface area is 124 Å². The monoisotopic (exact) mass is 279 g/mol. The third-order valence-corrected chi connectivity index (χ3v) is 3.90. The van der Waals surface area contributed by atoms with E-state index in [4.69, 9.17) is 0 Å². The number of nitrogens with zero attached hydrogens (tertiary/aromatic N) is 1. The molecule has 1 aliphatic heterocycles. The molecule has 0 N–H and O–H groups in total. The van der Waals surface area contributed by atoms with Crippen LogP contribution in [0.25, 0.3) is 0 Å². The lowest BCUT2D eigenvalue weighted by molar-refractivity contribution is 0.0988. The standard InChI is InChI=1S/C18H17NO2/c1-11(2)19-9-8-13(10-12(19)3)16-17(20)14-6-4-5-7-15(14)18(16)21/h4-11H,1-3H3. The number of ketones is 2. The zero-order valence-corrected chi connectivity index (χ0v) is 12.4. The van der Waals surface area contributed by atoms with Crippen LogP contribution in [0.15, 0.2) is 59.5 Å². The third-order valence-electron chi connectivity index (χ3n) is 3.90. The molecule has 0 aromatic heterocycles. The highest BCUT2D eigenvalue weighted by Gasteiger charge is 2.34. The Balaban J connectivity index is 2.09. The predicted octanol–water partition coefficient (Wildman–Crippen LogP) is 3.50. The van der Waals surface area contributed by atoms with Crippen molar-refractivity contribution in [1.29, 1.82) is 0 Å². The van der Waals surface area contributed by atoms with Crippen LogP contribution in [0.5, 0.6) is 0 Å². The summed E-state index contributed by atoms with van der Waals surface area (Å²) in [4.78, 5) is 27.1. The Morgan fingerprint density at radius 2 is 1.57 bits per heavy atom. The molecule has 1 aromatic carbocycles. The molecule has 0 fully saturated rings. The van der Waals surface area contributed by atoms with Gasteiger partial charge in [0.05, 0.1) is 5.57 Å². The molecule has 0 unspecified atom stereocenters. The van der Waals surface area contributed by atoms with Gasteiger partial charge >= 0.3 is 0 Å². The zero-order valence-electron chi connectivity index (χ0n) is 12.4. The van der Waals surface area contributed by atoms with E-state index < -0.39 is 0 Å². The van der Waals surface area contributed by atoms with Crippen molar-refractivity contribution in [3.63, 3.8) is 0 Å². The lowest BCUT2D eigenvalue weighted by Crippen LogP contribution is -2.25. The third kappa shape index (κ3) is 2.05. The van der Waals surface area contributed by atoms with E-state index in [0.29, 0.717) is 22.7 Å². The smallest absolute Gasteiger partial charge is 0.198 e. The van der Waals surface area contributed by atoms with E-state index in [1.54, 1.807) is 24.3 Å². The minimum atomic E-state index is -0.169. The van der Waals surface area contributed by atoms with Crippen molar-refractivity contribution in [2.45, 2.75) is 26.8 Å². The number of hydrogen-bond acceptors (Lipinski definition) is 3. The molecule has 0 atom stereocenters. The van der Waals surface area contributed by atoms with Gasteiger partial charge in [0.25, 0.3) is 0 Å². The topological polar surface area (TPSA) is 37.4 Å². The number of fused-ring (bicyclic) bond motifs is 1. The number of rotatable bonds is 1. The van der Waals surface area contributed by atoms with E-state index in [9.17, 15) is 9.59 Å². The van der Waals surface area contributed by atoms with Crippen LogP contribution in [-0.2, 0) is 0 Å². The number of benzene rings is 1. The summed E-state index contributed by atoms with van der Waals surface area (Å²) >= 11 is 0. The van der Waals surface area contributed by atoms with Gasteiger partial charge in [0.2, 0.25) is 0 Å². The maximum Gasteiger partial charge on any atom is 0.198 e. The van der Waals surface area contributed by atoms with Crippen molar-refractivity contribution in [3.05, 3.63) is 70.6 Å². The van der Waals surface area contributed by atoms with Gasteiger partial charge in [-0.3, -0.25) is 9.59 Å². The van der Waals surface area contributed by atoms with Crippen LogP contribution in [0, 0.1) is 0 Å². The zero-order chi connectivity index (χ0) is 15.1. The SMILES string of the molecule is CC1=CC(=C2C(=O)c3ccccc3C2=O)C=CN1C(C)C. The van der Waals surface area contributed by atoms with Gasteiger partial charge < -0.3 is 4.90 Å². The molecule has 0 spiro atoms. The molecule has 0 radical (unpaired) electrons. The second-order valence-electron chi connectivity index (χ2n) is 5.64. The first-order valence-electron chi connectivity index (χ1n) is 7.08. The second-order valence-corrected chi connectivity index (χ2v) is 5.64. The average molecular weight is 279 g/mol. The molecule has 2 aliphatic rings. The molecule has 0 saturated heterocycles. The van der Waals surface area contributed by atoms with Crippen molar-refractivity contribution >= 4 is 11.6 Å². The van der Waals surface area contributed by atoms with E-state index in [1.807, 2.05) is 25.3 Å². The molecule has 3 rings (SSSR count). The van der Waals surface area contributed by atoms with E-state index >= 15 is 0 Å². The molecule has 0 bridgehead atoms. The summed E-state index contributed by atoms with van der Waals surface area (Å²) in [6, 6.07) is 7.35. The molecular weight excluding hydrogens is 262 g/mol. The first-order chi connectivity index (χ1) is 10.0. The molecule has 0 amide bonds. The van der Waals surface area contributed by atoms with Gasteiger partial charge in [0, 0.05) is 29.1 Å². The van der Waals surface area contributed by atoms with Gasteiger partial charge in [-0.2, -0.15) is 0 Å². The summed E-state index contributed by atoms with van der Waals surface area (Å²) in [6.07, 6.45) is 5.70. The van der Waals surface area contributed by atoms with Crippen LogP contribution in [0.3, 0.4) is 0 Å². The van der Waals surface area contributed by atoms with Crippen molar-refractivity contribution in [2.75, 3.05) is 0 Å². The first kappa shape index (κ1) is 13.6. The second kappa shape index (κ2) is 4.85. The molecule has 3 nitrogen and oxygen atoms in total. The Morgan fingerprint density at radius 3 is 2.05 bits per heavy atom. The quantitative estimate of drug-likeness (QED) is 0.583. The molecule has 21 heavy (non-hydrogen) atoms. The first-order valence-corrected chi connectivity index (χ1v) is 7.08. The number of carbonyl (C=O) groups is 2. The Morgan fingerprint density at radius 1 is 1.00 bits per heavy atom. The summed E-state index contributed by atoms with van der Waals surface area (Å²) < 4.78 is 0. The van der Waals surface area contributed by atoms with Gasteiger partial charge in [-0.05, 0) is 38.5 Å². The highest BCUT2D eigenvalue weighted by Crippen LogP contribution is 2.31. The van der Waals surface area contributed by atoms with Gasteiger partial charge in [-0.25, -0.2) is 0 Å². The fourth-order valence-corrected chi connectivity index (χ4v) is 2.87. The van der Waals surface area contributed by atoms with Crippen LogP contribution >= 0.6 is 0 Å². The minimum Gasteiger partial charge on any atom is -0.349 e. The number of hydrogen-bond donors (Lipinski definition) is 0. The van der Waals surface area contributed by atoms with Gasteiger partial charge in [-0.1, -0.05) is 24.3 Å². The molecule has 1 aromatic rings. The number of allylic oxidation sites excluding steroid dienone is 5. The van der Waals surface area contributed by atoms with Crippen molar-refractivity contribution in [3.8, 4) is 0 Å². The number of carbonyl (C=O) groups excluding carboxylic acids is 2. The summed E-state index contributed by atoms with van der Waals surface area (Å²) in [6.45, 7) is 6.18. The fraction of sp³-hybridized carbons (Fsp3) is 0.222. The summed E-state index contributed by atoms with van der Waals surface area (Å²) in [5.74, 6) is -0.338. The normalized spacial score (nSPS) is 17.7. The largest absolute Gasteiger partial charge is 0.349 e. The molecule has 0 saturated carbocycles. The molecule has 3 heteroatoms. The maximum absolute atomic E-state index is 12.5. The lowest BCUT2D eigenvalue weighted by Gasteiger charge is -2.28. The highest BCUT2D eigenvalue weighted by atomic mass is 16.2. The van der Waals surface area contributed by atoms with Crippen LogP contribution in [0.2, 0.25) is 0 Å². The van der Waals surface area contributed by atoms with E-state index in [0.717, 1.165) is 5.70 Å². The van der Waals surface area contributed by atoms with Crippen molar-refractivity contribution in [1.82, 2.24) is 4.90 Å². The van der Waals surface area contributed by atoms with Gasteiger partial charge in [-0.15, -0.1) is 0 Å². The van der Waals surface area contributed by atoms with E-state index in [-0.39, 0.29) is 17.1 Å². The summed E-state index contributed by atoms with van der Waals surface area (Å²) in [7, 11) is 0. The maximum atomic E-state index is 12.5.